The quantitative estimate of drug-likeness (QED) is 0.809. The molecule has 0 saturated carbocycles. The van der Waals surface area contributed by atoms with Crippen LogP contribution < -0.4 is 4.74 Å². The average molecular weight is 334 g/mol. The molecule has 1 aliphatic rings. The van der Waals surface area contributed by atoms with E-state index in [1.54, 1.807) is 35.2 Å². The van der Waals surface area contributed by atoms with Crippen LogP contribution >= 0.6 is 11.8 Å². The molecule has 0 bridgehead atoms. The van der Waals surface area contributed by atoms with Gasteiger partial charge in [0.25, 0.3) is 5.91 Å². The number of thioether (sulfide) groups is 1. The number of aliphatic imine (C=N–C) groups is 1. The van der Waals surface area contributed by atoms with E-state index in [0.717, 1.165) is 10.7 Å². The fraction of sp³-hybridized carbons (Fsp3) is 0.312. The Morgan fingerprint density at radius 2 is 2.04 bits per heavy atom. The fourth-order valence-corrected chi connectivity index (χ4v) is 3.10. The van der Waals surface area contributed by atoms with Crippen molar-refractivity contribution in [3.63, 3.8) is 0 Å². The molecule has 122 valence electrons. The minimum Gasteiger partial charge on any atom is -0.482 e. The Bertz CT molecular complexity index is 653. The number of carboxylic acid groups (broad SMARTS) is 1. The van der Waals surface area contributed by atoms with Gasteiger partial charge in [-0.2, -0.15) is 0 Å². The number of carboxylic acids is 1. The maximum Gasteiger partial charge on any atom is 0.341 e. The van der Waals surface area contributed by atoms with Crippen LogP contribution in [0.25, 0.3) is 6.08 Å². The fourth-order valence-electron chi connectivity index (χ4n) is 2.00. The Balaban J connectivity index is 2.13. The highest BCUT2D eigenvalue weighted by atomic mass is 32.2. The normalized spacial score (nSPS) is 18.0. The van der Waals surface area contributed by atoms with Crippen molar-refractivity contribution >= 4 is 34.9 Å². The monoisotopic (exact) mass is 334 g/mol. The zero-order valence-electron chi connectivity index (χ0n) is 13.0. The number of rotatable bonds is 6. The Labute approximate surface area is 138 Å². The van der Waals surface area contributed by atoms with Gasteiger partial charge in [0.2, 0.25) is 0 Å². The van der Waals surface area contributed by atoms with Gasteiger partial charge in [-0.3, -0.25) is 14.7 Å². The van der Waals surface area contributed by atoms with Gasteiger partial charge < -0.3 is 9.84 Å². The predicted octanol–water partition coefficient (Wildman–Crippen LogP) is 2.46. The summed E-state index contributed by atoms with van der Waals surface area (Å²) in [7, 11) is 0. The lowest BCUT2D eigenvalue weighted by atomic mass is 10.2. The third-order valence-electron chi connectivity index (χ3n) is 3.04. The highest BCUT2D eigenvalue weighted by Gasteiger charge is 2.31. The maximum atomic E-state index is 12.3. The summed E-state index contributed by atoms with van der Waals surface area (Å²) in [5.41, 5.74) is 0.845. The number of likely N-dealkylation sites (N-methyl/N-ethyl adjacent to an activating group) is 1. The topological polar surface area (TPSA) is 79.2 Å². The first-order valence-electron chi connectivity index (χ1n) is 7.25. The van der Waals surface area contributed by atoms with Crippen LogP contribution in [-0.2, 0) is 9.59 Å². The first kappa shape index (κ1) is 17.1. The third-order valence-corrected chi connectivity index (χ3v) is 4.08. The van der Waals surface area contributed by atoms with Gasteiger partial charge in [-0.15, -0.1) is 0 Å². The molecule has 1 aliphatic heterocycles. The summed E-state index contributed by atoms with van der Waals surface area (Å²) in [6, 6.07) is 6.92. The van der Waals surface area contributed by atoms with E-state index < -0.39 is 5.97 Å². The van der Waals surface area contributed by atoms with Gasteiger partial charge in [0, 0.05) is 13.1 Å². The number of carbonyl (C=O) groups is 2. The SMILES string of the molecule is CCN=C1S/C(=C/c2ccc(OCC(=O)O)cc2)C(=O)N1CC. The largest absolute Gasteiger partial charge is 0.482 e. The molecule has 7 heteroatoms. The van der Waals surface area contributed by atoms with Crippen LogP contribution in [0.1, 0.15) is 19.4 Å². The first-order chi connectivity index (χ1) is 11.0. The zero-order chi connectivity index (χ0) is 16.8. The van der Waals surface area contributed by atoms with Gasteiger partial charge in [0.15, 0.2) is 11.8 Å². The lowest BCUT2D eigenvalue weighted by Crippen LogP contribution is -2.28. The second-order valence-corrected chi connectivity index (χ2v) is 5.68. The number of aliphatic carboxylic acids is 1. The maximum absolute atomic E-state index is 12.3. The van der Waals surface area contributed by atoms with Crippen LogP contribution in [0.15, 0.2) is 34.2 Å². The molecule has 1 N–H and O–H groups in total. The van der Waals surface area contributed by atoms with Crippen molar-refractivity contribution in [3.05, 3.63) is 34.7 Å². The smallest absolute Gasteiger partial charge is 0.341 e. The molecule has 1 aromatic carbocycles. The Morgan fingerprint density at radius 1 is 1.35 bits per heavy atom. The standard InChI is InChI=1S/C16H18N2O4S/c1-3-17-16-18(4-2)15(21)13(23-16)9-11-5-7-12(8-6-11)22-10-14(19)20/h5-9H,3-4,10H2,1-2H3,(H,19,20)/b13-9+,17-16?. The van der Waals surface area contributed by atoms with Crippen molar-refractivity contribution in [2.45, 2.75) is 13.8 Å². The molecule has 0 aliphatic carbocycles. The van der Waals surface area contributed by atoms with Gasteiger partial charge in [-0.1, -0.05) is 12.1 Å². The van der Waals surface area contributed by atoms with Gasteiger partial charge >= 0.3 is 5.97 Å². The van der Waals surface area contributed by atoms with E-state index in [-0.39, 0.29) is 12.5 Å². The number of carbonyl (C=O) groups excluding carboxylic acids is 1. The van der Waals surface area contributed by atoms with E-state index in [9.17, 15) is 9.59 Å². The number of hydrogen-bond donors (Lipinski definition) is 1. The van der Waals surface area contributed by atoms with Crippen LogP contribution in [0.2, 0.25) is 0 Å². The molecule has 6 nitrogen and oxygen atoms in total. The van der Waals surface area contributed by atoms with Gasteiger partial charge in [0.05, 0.1) is 4.91 Å². The van der Waals surface area contributed by atoms with Gasteiger partial charge in [-0.25, -0.2) is 4.79 Å². The minimum atomic E-state index is -1.02. The molecule has 1 fully saturated rings. The van der Waals surface area contributed by atoms with Gasteiger partial charge in [0.1, 0.15) is 5.75 Å². The number of amidine groups is 1. The summed E-state index contributed by atoms with van der Waals surface area (Å²) in [6.07, 6.45) is 1.80. The molecule has 0 spiro atoms. The molecule has 0 aromatic heterocycles. The van der Waals surface area contributed by atoms with Crippen molar-refractivity contribution < 1.29 is 19.4 Å². The van der Waals surface area contributed by atoms with Crippen molar-refractivity contribution in [1.29, 1.82) is 0 Å². The first-order valence-corrected chi connectivity index (χ1v) is 8.07. The Hall–Kier alpha value is -2.28. The number of ether oxygens (including phenoxy) is 1. The highest BCUT2D eigenvalue weighted by Crippen LogP contribution is 2.32. The van der Waals surface area contributed by atoms with Crippen molar-refractivity contribution in [2.24, 2.45) is 4.99 Å². The van der Waals surface area contributed by atoms with Crippen LogP contribution in [0.5, 0.6) is 5.75 Å². The Kier molecular flexibility index (Phi) is 5.81. The summed E-state index contributed by atoms with van der Waals surface area (Å²) < 4.78 is 5.08. The lowest BCUT2D eigenvalue weighted by Gasteiger charge is -2.11. The number of amides is 1. The van der Waals surface area contributed by atoms with Crippen molar-refractivity contribution in [3.8, 4) is 5.75 Å². The summed E-state index contributed by atoms with van der Waals surface area (Å²) in [5.74, 6) is -0.592. The van der Waals surface area contributed by atoms with Crippen LogP contribution in [0.3, 0.4) is 0 Å². The minimum absolute atomic E-state index is 0.0455. The highest BCUT2D eigenvalue weighted by molar-refractivity contribution is 8.18. The van der Waals surface area contributed by atoms with Crippen LogP contribution in [0.4, 0.5) is 0 Å². The van der Waals surface area contributed by atoms with Crippen molar-refractivity contribution in [1.82, 2.24) is 4.90 Å². The van der Waals surface area contributed by atoms with E-state index in [1.165, 1.54) is 11.8 Å². The molecular weight excluding hydrogens is 316 g/mol. The summed E-state index contributed by atoms with van der Waals surface area (Å²) >= 11 is 1.37. The molecular formula is C16H18N2O4S. The van der Waals surface area contributed by atoms with Crippen LogP contribution in [0, 0.1) is 0 Å². The number of nitrogens with zero attached hydrogens (tertiary/aromatic N) is 2. The van der Waals surface area contributed by atoms with E-state index >= 15 is 0 Å². The predicted molar refractivity (Wildman–Crippen MR) is 90.5 cm³/mol. The lowest BCUT2D eigenvalue weighted by molar-refractivity contribution is -0.139. The van der Waals surface area contributed by atoms with E-state index in [4.69, 9.17) is 9.84 Å². The second kappa shape index (κ2) is 7.82. The number of hydrogen-bond acceptors (Lipinski definition) is 5. The second-order valence-electron chi connectivity index (χ2n) is 4.67. The molecule has 1 aromatic rings. The number of benzene rings is 1. The Morgan fingerprint density at radius 3 is 2.61 bits per heavy atom. The van der Waals surface area contributed by atoms with Crippen LogP contribution in [-0.4, -0.2) is 46.7 Å². The molecule has 1 amide bonds. The molecule has 2 rings (SSSR count). The van der Waals surface area contributed by atoms with Gasteiger partial charge in [-0.05, 0) is 49.4 Å². The van der Waals surface area contributed by atoms with E-state index in [2.05, 4.69) is 4.99 Å². The summed E-state index contributed by atoms with van der Waals surface area (Å²) in [6.45, 7) is 4.70. The molecule has 0 unspecified atom stereocenters. The molecule has 23 heavy (non-hydrogen) atoms. The third kappa shape index (κ3) is 4.35. The zero-order valence-corrected chi connectivity index (χ0v) is 13.8. The molecule has 1 saturated heterocycles. The molecule has 0 atom stereocenters. The summed E-state index contributed by atoms with van der Waals surface area (Å²) in [5, 5.41) is 9.30. The van der Waals surface area contributed by atoms with Crippen molar-refractivity contribution in [2.75, 3.05) is 19.7 Å². The van der Waals surface area contributed by atoms with E-state index in [1.807, 2.05) is 13.8 Å². The molecule has 1 heterocycles. The average Bonchev–Trinajstić information content (AvgIpc) is 2.82. The molecule has 0 radical (unpaired) electrons. The summed E-state index contributed by atoms with van der Waals surface area (Å²) in [4.78, 5) is 29.4. The van der Waals surface area contributed by atoms with E-state index in [0.29, 0.717) is 23.7 Å².